The molecule has 0 fully saturated rings. The third-order valence-electron chi connectivity index (χ3n) is 3.14. The van der Waals surface area contributed by atoms with Crippen molar-refractivity contribution in [2.45, 2.75) is 19.4 Å². The van der Waals surface area contributed by atoms with Gasteiger partial charge in [0.1, 0.15) is 12.4 Å². The highest BCUT2D eigenvalue weighted by Gasteiger charge is 2.06. The average Bonchev–Trinajstić information content (AvgIpc) is 2.58. The van der Waals surface area contributed by atoms with Crippen molar-refractivity contribution in [1.29, 1.82) is 0 Å². The quantitative estimate of drug-likeness (QED) is 0.732. The summed E-state index contributed by atoms with van der Waals surface area (Å²) in [5.41, 5.74) is 7.00. The van der Waals surface area contributed by atoms with E-state index >= 15 is 0 Å². The average molecular weight is 299 g/mol. The summed E-state index contributed by atoms with van der Waals surface area (Å²) in [6.45, 7) is 1.71. The molecule has 3 N–H and O–H groups in total. The number of benzene rings is 1. The lowest BCUT2D eigenvalue weighted by molar-refractivity contribution is 0.0952. The van der Waals surface area contributed by atoms with Gasteiger partial charge >= 0.3 is 0 Å². The first-order valence-corrected chi connectivity index (χ1v) is 7.39. The monoisotopic (exact) mass is 299 g/mol. The predicted octanol–water partition coefficient (Wildman–Crippen LogP) is 2.13. The molecule has 1 amide bonds. The Morgan fingerprint density at radius 3 is 2.91 bits per heavy atom. The number of nitrogens with one attached hydrogen (secondary N) is 1. The first kappa shape index (κ1) is 16.0. The minimum Gasteiger partial charge on any atom is -0.489 e. The Morgan fingerprint density at radius 2 is 2.14 bits per heavy atom. The molecule has 0 atom stereocenters. The van der Waals surface area contributed by atoms with Crippen LogP contribution in [0, 0.1) is 0 Å². The number of unbranched alkanes of at least 4 members (excludes halogenated alkanes) is 1. The van der Waals surface area contributed by atoms with E-state index in [4.69, 9.17) is 10.5 Å². The molecule has 0 unspecified atom stereocenters. The molecule has 0 radical (unpaired) electrons. The Hall–Kier alpha value is -2.40. The van der Waals surface area contributed by atoms with Crippen molar-refractivity contribution >= 4 is 5.91 Å². The molecule has 0 bridgehead atoms. The minimum absolute atomic E-state index is 0.0937. The van der Waals surface area contributed by atoms with Crippen LogP contribution in [-0.2, 0) is 6.61 Å². The Morgan fingerprint density at radius 1 is 1.23 bits per heavy atom. The molecule has 1 heterocycles. The smallest absolute Gasteiger partial charge is 0.251 e. The van der Waals surface area contributed by atoms with Gasteiger partial charge in [0.2, 0.25) is 0 Å². The maximum Gasteiger partial charge on any atom is 0.251 e. The summed E-state index contributed by atoms with van der Waals surface area (Å²) < 4.78 is 5.69. The van der Waals surface area contributed by atoms with Crippen LogP contribution in [-0.4, -0.2) is 24.0 Å². The van der Waals surface area contributed by atoms with Crippen molar-refractivity contribution in [3.05, 3.63) is 59.9 Å². The van der Waals surface area contributed by atoms with Gasteiger partial charge in [-0.3, -0.25) is 9.78 Å². The van der Waals surface area contributed by atoms with E-state index < -0.39 is 0 Å². The van der Waals surface area contributed by atoms with Crippen LogP contribution in [0.15, 0.2) is 48.8 Å². The molecule has 0 spiro atoms. The number of amides is 1. The van der Waals surface area contributed by atoms with E-state index in [2.05, 4.69) is 10.3 Å². The summed E-state index contributed by atoms with van der Waals surface area (Å²) in [5.74, 6) is 0.572. The fraction of sp³-hybridized carbons (Fsp3) is 0.294. The van der Waals surface area contributed by atoms with E-state index in [-0.39, 0.29) is 5.91 Å². The third kappa shape index (κ3) is 5.18. The molecule has 5 nitrogen and oxygen atoms in total. The van der Waals surface area contributed by atoms with Gasteiger partial charge < -0.3 is 15.8 Å². The van der Waals surface area contributed by atoms with E-state index in [9.17, 15) is 4.79 Å². The van der Waals surface area contributed by atoms with E-state index in [0.717, 1.165) is 18.4 Å². The van der Waals surface area contributed by atoms with Crippen LogP contribution in [0.1, 0.15) is 28.8 Å². The summed E-state index contributed by atoms with van der Waals surface area (Å²) in [6, 6.07) is 11.0. The minimum atomic E-state index is -0.0937. The SMILES string of the molecule is NCCCCNC(=O)c1cccc(OCc2cccnc2)c1. The third-order valence-corrected chi connectivity index (χ3v) is 3.14. The van der Waals surface area contributed by atoms with Gasteiger partial charge in [-0.2, -0.15) is 0 Å². The van der Waals surface area contributed by atoms with Crippen molar-refractivity contribution < 1.29 is 9.53 Å². The van der Waals surface area contributed by atoms with Crippen molar-refractivity contribution in [1.82, 2.24) is 10.3 Å². The van der Waals surface area contributed by atoms with Gasteiger partial charge in [-0.15, -0.1) is 0 Å². The molecule has 5 heteroatoms. The van der Waals surface area contributed by atoms with Crippen molar-refractivity contribution in [2.75, 3.05) is 13.1 Å². The molecule has 22 heavy (non-hydrogen) atoms. The van der Waals surface area contributed by atoms with Gasteiger partial charge in [-0.1, -0.05) is 12.1 Å². The number of pyridine rings is 1. The molecule has 0 saturated carbocycles. The summed E-state index contributed by atoms with van der Waals surface area (Å²) in [5, 5.41) is 2.87. The fourth-order valence-corrected chi connectivity index (χ4v) is 1.95. The zero-order chi connectivity index (χ0) is 15.6. The Labute approximate surface area is 130 Å². The molecule has 0 aliphatic heterocycles. The summed E-state index contributed by atoms with van der Waals surface area (Å²) in [6.07, 6.45) is 5.28. The van der Waals surface area contributed by atoms with Crippen LogP contribution in [0.3, 0.4) is 0 Å². The molecular weight excluding hydrogens is 278 g/mol. The van der Waals surface area contributed by atoms with E-state index in [1.54, 1.807) is 24.5 Å². The second kappa shape index (κ2) is 8.79. The Kier molecular flexibility index (Phi) is 6.39. The lowest BCUT2D eigenvalue weighted by Crippen LogP contribution is -2.24. The molecular formula is C17H21N3O2. The van der Waals surface area contributed by atoms with Gasteiger partial charge in [0.05, 0.1) is 0 Å². The first-order chi connectivity index (χ1) is 10.8. The van der Waals surface area contributed by atoms with E-state index in [0.29, 0.717) is 31.0 Å². The molecule has 1 aromatic heterocycles. The fourth-order valence-electron chi connectivity index (χ4n) is 1.95. The maximum absolute atomic E-state index is 12.0. The van der Waals surface area contributed by atoms with Crippen LogP contribution in [0.25, 0.3) is 0 Å². The van der Waals surface area contributed by atoms with E-state index in [1.165, 1.54) is 0 Å². The highest BCUT2D eigenvalue weighted by Crippen LogP contribution is 2.15. The molecule has 0 aliphatic rings. The molecule has 2 rings (SSSR count). The van der Waals surface area contributed by atoms with Gasteiger partial charge in [0, 0.05) is 30.1 Å². The Balaban J connectivity index is 1.87. The highest BCUT2D eigenvalue weighted by atomic mass is 16.5. The van der Waals surface area contributed by atoms with E-state index in [1.807, 2.05) is 24.3 Å². The first-order valence-electron chi connectivity index (χ1n) is 7.39. The summed E-state index contributed by atoms with van der Waals surface area (Å²) in [4.78, 5) is 16.1. The second-order valence-corrected chi connectivity index (χ2v) is 4.93. The van der Waals surface area contributed by atoms with Crippen molar-refractivity contribution in [3.63, 3.8) is 0 Å². The number of aromatic nitrogens is 1. The lowest BCUT2D eigenvalue weighted by Gasteiger charge is -2.08. The van der Waals surface area contributed by atoms with Crippen LogP contribution >= 0.6 is 0 Å². The van der Waals surface area contributed by atoms with Crippen LogP contribution in [0.5, 0.6) is 5.75 Å². The van der Waals surface area contributed by atoms with Gasteiger partial charge in [-0.05, 0) is 43.7 Å². The molecule has 116 valence electrons. The number of hydrogen-bond donors (Lipinski definition) is 2. The van der Waals surface area contributed by atoms with Crippen LogP contribution in [0.4, 0.5) is 0 Å². The number of nitrogens with two attached hydrogens (primary N) is 1. The zero-order valence-electron chi connectivity index (χ0n) is 12.5. The largest absolute Gasteiger partial charge is 0.489 e. The molecule has 1 aromatic carbocycles. The number of ether oxygens (including phenoxy) is 1. The van der Waals surface area contributed by atoms with Crippen molar-refractivity contribution in [2.24, 2.45) is 5.73 Å². The molecule has 2 aromatic rings. The van der Waals surface area contributed by atoms with Gasteiger partial charge in [0.15, 0.2) is 0 Å². The van der Waals surface area contributed by atoms with Crippen molar-refractivity contribution in [3.8, 4) is 5.75 Å². The second-order valence-electron chi connectivity index (χ2n) is 4.93. The lowest BCUT2D eigenvalue weighted by atomic mass is 10.2. The number of rotatable bonds is 8. The highest BCUT2D eigenvalue weighted by molar-refractivity contribution is 5.94. The molecule has 0 saturated heterocycles. The summed E-state index contributed by atoms with van der Waals surface area (Å²) in [7, 11) is 0. The topological polar surface area (TPSA) is 77.2 Å². The van der Waals surface area contributed by atoms with Crippen LogP contribution in [0.2, 0.25) is 0 Å². The predicted molar refractivity (Wildman–Crippen MR) is 85.6 cm³/mol. The van der Waals surface area contributed by atoms with Gasteiger partial charge in [-0.25, -0.2) is 0 Å². The summed E-state index contributed by atoms with van der Waals surface area (Å²) >= 11 is 0. The molecule has 0 aliphatic carbocycles. The standard InChI is InChI=1S/C17H21N3O2/c18-8-1-2-10-20-17(21)15-6-3-7-16(11-15)22-13-14-5-4-9-19-12-14/h3-7,9,11-12H,1-2,8,10,13,18H2,(H,20,21). The maximum atomic E-state index is 12.0. The number of carbonyl (C=O) groups is 1. The van der Waals surface area contributed by atoms with Gasteiger partial charge in [0.25, 0.3) is 5.91 Å². The zero-order valence-corrected chi connectivity index (χ0v) is 12.5. The van der Waals surface area contributed by atoms with Crippen LogP contribution < -0.4 is 15.8 Å². The Bertz CT molecular complexity index is 587. The normalized spacial score (nSPS) is 10.2. The number of hydrogen-bond acceptors (Lipinski definition) is 4. The number of nitrogens with zero attached hydrogens (tertiary/aromatic N) is 1. The number of carbonyl (C=O) groups excluding carboxylic acids is 1.